The maximum Gasteiger partial charge on any atom is 0.258 e. The summed E-state index contributed by atoms with van der Waals surface area (Å²) in [5, 5.41) is 5.75. The number of nitrogens with one attached hydrogen (secondary N) is 2. The van der Waals surface area contributed by atoms with E-state index in [1.165, 1.54) is 5.56 Å². The molecule has 2 N–H and O–H groups in total. The van der Waals surface area contributed by atoms with E-state index in [4.69, 9.17) is 4.74 Å². The second kappa shape index (κ2) is 8.71. The van der Waals surface area contributed by atoms with E-state index in [1.807, 2.05) is 48.5 Å². The van der Waals surface area contributed by atoms with E-state index < -0.39 is 0 Å². The minimum atomic E-state index is -0.185. The molecule has 0 aromatic heterocycles. The lowest BCUT2D eigenvalue weighted by Gasteiger charge is -2.10. The Balaban J connectivity index is 1.44. The second-order valence-corrected chi connectivity index (χ2v) is 7.25. The van der Waals surface area contributed by atoms with Crippen molar-refractivity contribution >= 4 is 17.5 Å². The first-order valence-corrected chi connectivity index (χ1v) is 9.40. The molecule has 0 bridgehead atoms. The summed E-state index contributed by atoms with van der Waals surface area (Å²) in [6.07, 6.45) is 1.95. The van der Waals surface area contributed by atoms with Gasteiger partial charge in [-0.3, -0.25) is 9.59 Å². The molecule has 1 aliphatic carbocycles. The van der Waals surface area contributed by atoms with Crippen LogP contribution < -0.4 is 15.4 Å². The Morgan fingerprint density at radius 2 is 1.85 bits per heavy atom. The summed E-state index contributed by atoms with van der Waals surface area (Å²) in [5.74, 6) is 1.20. The van der Waals surface area contributed by atoms with E-state index in [1.54, 1.807) is 0 Å². The lowest BCUT2D eigenvalue weighted by atomic mass is 10.0. The van der Waals surface area contributed by atoms with Crippen molar-refractivity contribution in [1.82, 2.24) is 5.32 Å². The Labute approximate surface area is 160 Å². The van der Waals surface area contributed by atoms with Gasteiger partial charge in [0.1, 0.15) is 5.75 Å². The van der Waals surface area contributed by atoms with E-state index in [9.17, 15) is 9.59 Å². The lowest BCUT2D eigenvalue weighted by Crippen LogP contribution is -2.28. The summed E-state index contributed by atoms with van der Waals surface area (Å²) in [4.78, 5) is 23.9. The van der Waals surface area contributed by atoms with Crippen molar-refractivity contribution in [3.8, 4) is 5.75 Å². The minimum Gasteiger partial charge on any atom is -0.484 e. The molecular weight excluding hydrogens is 340 g/mol. The zero-order chi connectivity index (χ0) is 19.2. The first kappa shape index (κ1) is 19.0. The fourth-order valence-electron chi connectivity index (χ4n) is 2.70. The quantitative estimate of drug-likeness (QED) is 0.746. The van der Waals surface area contributed by atoms with Crippen LogP contribution in [-0.4, -0.2) is 18.4 Å². The van der Waals surface area contributed by atoms with Crippen LogP contribution in [0.3, 0.4) is 0 Å². The predicted octanol–water partition coefficient (Wildman–Crippen LogP) is 3.85. The smallest absolute Gasteiger partial charge is 0.258 e. The van der Waals surface area contributed by atoms with Gasteiger partial charge in [0, 0.05) is 18.2 Å². The van der Waals surface area contributed by atoms with Crippen LogP contribution in [0, 0.1) is 5.92 Å². The van der Waals surface area contributed by atoms with Crippen LogP contribution >= 0.6 is 0 Å². The van der Waals surface area contributed by atoms with Gasteiger partial charge >= 0.3 is 0 Å². The molecule has 2 aromatic rings. The SMILES string of the molecule is CC(C)c1ccc(OCC(=O)NCc2cccc(NC(=O)C3CC3)c2)cc1. The highest BCUT2D eigenvalue weighted by Crippen LogP contribution is 2.30. The van der Waals surface area contributed by atoms with Gasteiger partial charge in [0.2, 0.25) is 5.91 Å². The molecular formula is C22H26N2O3. The molecule has 27 heavy (non-hydrogen) atoms. The normalized spacial score (nSPS) is 13.3. The third-order valence-electron chi connectivity index (χ3n) is 4.55. The number of benzene rings is 2. The average Bonchev–Trinajstić information content (AvgIpc) is 3.50. The van der Waals surface area contributed by atoms with Gasteiger partial charge in [0.25, 0.3) is 5.91 Å². The molecule has 0 heterocycles. The molecule has 0 atom stereocenters. The Morgan fingerprint density at radius 1 is 1.11 bits per heavy atom. The Kier molecular flexibility index (Phi) is 6.12. The van der Waals surface area contributed by atoms with E-state index >= 15 is 0 Å². The van der Waals surface area contributed by atoms with Crippen LogP contribution in [0.15, 0.2) is 48.5 Å². The number of carbonyl (C=O) groups is 2. The Hall–Kier alpha value is -2.82. The molecule has 2 amide bonds. The van der Waals surface area contributed by atoms with E-state index in [0.29, 0.717) is 18.2 Å². The number of rotatable bonds is 8. The van der Waals surface area contributed by atoms with E-state index in [-0.39, 0.29) is 24.3 Å². The molecule has 0 spiro atoms. The number of anilines is 1. The van der Waals surface area contributed by atoms with Gasteiger partial charge in [-0.05, 0) is 54.2 Å². The topological polar surface area (TPSA) is 67.4 Å². The van der Waals surface area contributed by atoms with Crippen LogP contribution in [-0.2, 0) is 16.1 Å². The molecule has 0 unspecified atom stereocenters. The molecule has 1 fully saturated rings. The molecule has 0 radical (unpaired) electrons. The van der Waals surface area contributed by atoms with Crippen LogP contribution in [0.1, 0.15) is 43.7 Å². The highest BCUT2D eigenvalue weighted by atomic mass is 16.5. The van der Waals surface area contributed by atoms with Crippen LogP contribution in [0.25, 0.3) is 0 Å². The molecule has 3 rings (SSSR count). The molecule has 0 aliphatic heterocycles. The molecule has 142 valence electrons. The summed E-state index contributed by atoms with van der Waals surface area (Å²) >= 11 is 0. The van der Waals surface area contributed by atoms with Crippen LogP contribution in [0.2, 0.25) is 0 Å². The van der Waals surface area contributed by atoms with Crippen molar-refractivity contribution in [3.63, 3.8) is 0 Å². The van der Waals surface area contributed by atoms with Crippen LogP contribution in [0.5, 0.6) is 5.75 Å². The highest BCUT2D eigenvalue weighted by molar-refractivity contribution is 5.94. The molecule has 0 saturated heterocycles. The summed E-state index contributed by atoms with van der Waals surface area (Å²) in [7, 11) is 0. The summed E-state index contributed by atoms with van der Waals surface area (Å²) in [6.45, 7) is 4.63. The van der Waals surface area contributed by atoms with Crippen molar-refractivity contribution in [2.24, 2.45) is 5.92 Å². The van der Waals surface area contributed by atoms with Crippen LogP contribution in [0.4, 0.5) is 5.69 Å². The summed E-state index contributed by atoms with van der Waals surface area (Å²) in [6, 6.07) is 15.3. The van der Waals surface area contributed by atoms with Gasteiger partial charge in [0.05, 0.1) is 0 Å². The summed E-state index contributed by atoms with van der Waals surface area (Å²) in [5.41, 5.74) is 2.93. The fraction of sp³-hybridized carbons (Fsp3) is 0.364. The highest BCUT2D eigenvalue weighted by Gasteiger charge is 2.29. The maximum absolute atomic E-state index is 12.0. The van der Waals surface area contributed by atoms with Crippen molar-refractivity contribution in [2.75, 3.05) is 11.9 Å². The van der Waals surface area contributed by atoms with E-state index in [0.717, 1.165) is 24.1 Å². The molecule has 5 heteroatoms. The molecule has 2 aromatic carbocycles. The lowest BCUT2D eigenvalue weighted by molar-refractivity contribution is -0.123. The standard InChI is InChI=1S/C22H26N2O3/c1-15(2)17-8-10-20(11-9-17)27-14-21(25)23-13-16-4-3-5-19(12-16)24-22(26)18-6-7-18/h3-5,8-12,15,18H,6-7,13-14H2,1-2H3,(H,23,25)(H,24,26). The number of amides is 2. The van der Waals surface area contributed by atoms with Gasteiger partial charge in [-0.15, -0.1) is 0 Å². The number of ether oxygens (including phenoxy) is 1. The molecule has 1 saturated carbocycles. The third kappa shape index (κ3) is 5.84. The van der Waals surface area contributed by atoms with Gasteiger partial charge in [-0.1, -0.05) is 38.1 Å². The number of hydrogen-bond acceptors (Lipinski definition) is 3. The second-order valence-electron chi connectivity index (χ2n) is 7.25. The first-order valence-electron chi connectivity index (χ1n) is 9.40. The number of hydrogen-bond donors (Lipinski definition) is 2. The van der Waals surface area contributed by atoms with Crippen molar-refractivity contribution in [2.45, 2.75) is 39.2 Å². The fourth-order valence-corrected chi connectivity index (χ4v) is 2.70. The van der Waals surface area contributed by atoms with Crippen molar-refractivity contribution in [3.05, 3.63) is 59.7 Å². The third-order valence-corrected chi connectivity index (χ3v) is 4.55. The Morgan fingerprint density at radius 3 is 2.52 bits per heavy atom. The summed E-state index contributed by atoms with van der Waals surface area (Å²) < 4.78 is 5.53. The largest absolute Gasteiger partial charge is 0.484 e. The average molecular weight is 366 g/mol. The molecule has 1 aliphatic rings. The zero-order valence-electron chi connectivity index (χ0n) is 15.8. The van der Waals surface area contributed by atoms with E-state index in [2.05, 4.69) is 24.5 Å². The van der Waals surface area contributed by atoms with Crippen molar-refractivity contribution < 1.29 is 14.3 Å². The molecule has 5 nitrogen and oxygen atoms in total. The van der Waals surface area contributed by atoms with Crippen molar-refractivity contribution in [1.29, 1.82) is 0 Å². The first-order chi connectivity index (χ1) is 13.0. The monoisotopic (exact) mass is 366 g/mol. The maximum atomic E-state index is 12.0. The Bertz CT molecular complexity index is 795. The van der Waals surface area contributed by atoms with Gasteiger partial charge in [-0.25, -0.2) is 0 Å². The predicted molar refractivity (Wildman–Crippen MR) is 106 cm³/mol. The number of carbonyl (C=O) groups excluding carboxylic acids is 2. The van der Waals surface area contributed by atoms with Gasteiger partial charge in [-0.2, -0.15) is 0 Å². The van der Waals surface area contributed by atoms with Gasteiger partial charge in [0.15, 0.2) is 6.61 Å². The van der Waals surface area contributed by atoms with Gasteiger partial charge < -0.3 is 15.4 Å². The minimum absolute atomic E-state index is 0.0286. The zero-order valence-corrected chi connectivity index (χ0v) is 15.8.